The van der Waals surface area contributed by atoms with E-state index in [1.165, 1.54) is 0 Å². The van der Waals surface area contributed by atoms with E-state index >= 15 is 0 Å². The Morgan fingerprint density at radius 3 is 1.43 bits per heavy atom. The molecule has 42 valence electrons. The Hall–Kier alpha value is 0.842. The summed E-state index contributed by atoms with van der Waals surface area (Å²) in [7, 11) is 3.21. The molecule has 0 fully saturated rings. The van der Waals surface area contributed by atoms with E-state index in [0.717, 1.165) is 0 Å². The van der Waals surface area contributed by atoms with Crippen LogP contribution in [0, 0.1) is 0 Å². The van der Waals surface area contributed by atoms with Gasteiger partial charge < -0.3 is 9.47 Å². The van der Waals surface area contributed by atoms with Crippen molar-refractivity contribution in [1.82, 2.24) is 0 Å². The van der Waals surface area contributed by atoms with Crippen molar-refractivity contribution in [3.63, 3.8) is 0 Å². The summed E-state index contributed by atoms with van der Waals surface area (Å²) in [5.74, 6) is 0. The molecule has 3 heteroatoms. The van der Waals surface area contributed by atoms with Crippen LogP contribution in [0.5, 0.6) is 0 Å². The van der Waals surface area contributed by atoms with Crippen LogP contribution in [0.3, 0.4) is 0 Å². The van der Waals surface area contributed by atoms with Crippen LogP contribution >= 0.6 is 0 Å². The van der Waals surface area contributed by atoms with E-state index in [9.17, 15) is 0 Å². The first kappa shape index (κ1) is 10.8. The first-order valence-corrected chi connectivity index (χ1v) is 1.87. The van der Waals surface area contributed by atoms with E-state index in [-0.39, 0.29) is 33.6 Å². The molecule has 0 spiro atoms. The van der Waals surface area contributed by atoms with Gasteiger partial charge in [0, 0.05) is 41.5 Å². The van der Waals surface area contributed by atoms with Gasteiger partial charge in [0.2, 0.25) is 0 Å². The van der Waals surface area contributed by atoms with Gasteiger partial charge in [-0.05, 0) is 6.92 Å². The first-order chi connectivity index (χ1) is 2.81. The largest absolute Gasteiger partial charge is 0.356 e. The summed E-state index contributed by atoms with van der Waals surface area (Å²) < 4.78 is 9.35. The van der Waals surface area contributed by atoms with Gasteiger partial charge in [0.05, 0.1) is 0 Å². The van der Waals surface area contributed by atoms with Gasteiger partial charge in [-0.1, -0.05) is 0 Å². The average molecular weight is 297 g/mol. The molecule has 0 rings (SSSR count). The second-order valence-electron chi connectivity index (χ2n) is 1.04. The average Bonchev–Trinajstić information content (AvgIpc) is 1.65. The van der Waals surface area contributed by atoms with Crippen LogP contribution in [-0.4, -0.2) is 47.8 Å². The molecule has 0 aromatic carbocycles. The summed E-state index contributed by atoms with van der Waals surface area (Å²) in [6.45, 7) is 1.83. The zero-order valence-electron chi connectivity index (χ0n) is 4.89. The van der Waals surface area contributed by atoms with Gasteiger partial charge in [0.25, 0.3) is 0 Å². The minimum atomic E-state index is -0.0648. The Kier molecular flexibility index (Phi) is 10.5. The van der Waals surface area contributed by atoms with Crippen LogP contribution in [0.4, 0.5) is 0 Å². The Balaban J connectivity index is 0. The molecule has 4 radical (unpaired) electrons. The van der Waals surface area contributed by atoms with Gasteiger partial charge in [-0.2, -0.15) is 0 Å². The molecule has 0 heterocycles. The molecule has 0 aromatic heterocycles. The van der Waals surface area contributed by atoms with Crippen molar-refractivity contribution < 1.29 is 9.47 Å². The number of hydrogen-bond donors (Lipinski definition) is 0. The summed E-state index contributed by atoms with van der Waals surface area (Å²) in [5.41, 5.74) is 0. The van der Waals surface area contributed by atoms with Crippen LogP contribution in [0.15, 0.2) is 0 Å². The Morgan fingerprint density at radius 1 is 1.14 bits per heavy atom. The Labute approximate surface area is 64.3 Å². The second-order valence-corrected chi connectivity index (χ2v) is 1.04. The molecule has 0 aliphatic rings. The molecule has 0 bridgehead atoms. The SMILES string of the molecule is COC(C)OC.[Pb]. The van der Waals surface area contributed by atoms with Crippen molar-refractivity contribution in [2.24, 2.45) is 0 Å². The maximum atomic E-state index is 4.68. The predicted molar refractivity (Wildman–Crippen MR) is 29.2 cm³/mol. The molecule has 0 atom stereocenters. The summed E-state index contributed by atoms with van der Waals surface area (Å²) in [6.07, 6.45) is -0.0648. The standard InChI is InChI=1S/C4H10O2.Pb/c1-4(5-2)6-3;/h4H,1-3H3;. The van der Waals surface area contributed by atoms with Crippen molar-refractivity contribution in [2.45, 2.75) is 13.2 Å². The monoisotopic (exact) mass is 298 g/mol. The summed E-state index contributed by atoms with van der Waals surface area (Å²) in [4.78, 5) is 0. The topological polar surface area (TPSA) is 18.5 Å². The molecule has 7 heavy (non-hydrogen) atoms. The van der Waals surface area contributed by atoms with E-state index in [1.807, 2.05) is 6.92 Å². The maximum Gasteiger partial charge on any atom is 0.154 e. The van der Waals surface area contributed by atoms with E-state index in [4.69, 9.17) is 0 Å². The predicted octanol–water partition coefficient (Wildman–Crippen LogP) is 0.244. The third-order valence-corrected chi connectivity index (χ3v) is 0.664. The summed E-state index contributed by atoms with van der Waals surface area (Å²) in [5, 5.41) is 0. The molecule has 0 aromatic rings. The van der Waals surface area contributed by atoms with Crippen molar-refractivity contribution in [3.8, 4) is 0 Å². The zero-order chi connectivity index (χ0) is 4.99. The molecule has 0 unspecified atom stereocenters. The fourth-order valence-corrected chi connectivity index (χ4v) is 0.0962. The molecule has 0 saturated heterocycles. The number of ether oxygens (including phenoxy) is 2. The minimum Gasteiger partial charge on any atom is -0.356 e. The van der Waals surface area contributed by atoms with Crippen LogP contribution in [0.25, 0.3) is 0 Å². The fourth-order valence-electron chi connectivity index (χ4n) is 0.0962. The van der Waals surface area contributed by atoms with Crippen LogP contribution < -0.4 is 0 Å². The molecule has 0 saturated carbocycles. The molecule has 2 nitrogen and oxygen atoms in total. The maximum absolute atomic E-state index is 4.68. The summed E-state index contributed by atoms with van der Waals surface area (Å²) in [6, 6.07) is 0. The molecule has 0 amide bonds. The smallest absolute Gasteiger partial charge is 0.154 e. The van der Waals surface area contributed by atoms with Crippen molar-refractivity contribution in [1.29, 1.82) is 0 Å². The third-order valence-electron chi connectivity index (χ3n) is 0.664. The van der Waals surface area contributed by atoms with Crippen LogP contribution in [0.2, 0.25) is 0 Å². The number of methoxy groups -OCH3 is 2. The van der Waals surface area contributed by atoms with Crippen LogP contribution in [-0.2, 0) is 9.47 Å². The number of hydrogen-bond acceptors (Lipinski definition) is 2. The van der Waals surface area contributed by atoms with Gasteiger partial charge >= 0.3 is 0 Å². The second kappa shape index (κ2) is 6.84. The van der Waals surface area contributed by atoms with E-state index in [0.29, 0.717) is 0 Å². The van der Waals surface area contributed by atoms with Gasteiger partial charge in [0.1, 0.15) is 0 Å². The van der Waals surface area contributed by atoms with Gasteiger partial charge in [-0.25, -0.2) is 0 Å². The molecular formula is C4H10O2Pb. The van der Waals surface area contributed by atoms with Crippen molar-refractivity contribution >= 4 is 27.3 Å². The van der Waals surface area contributed by atoms with Gasteiger partial charge in [-0.15, -0.1) is 0 Å². The summed E-state index contributed by atoms with van der Waals surface area (Å²) >= 11 is 0. The van der Waals surface area contributed by atoms with E-state index in [2.05, 4.69) is 9.47 Å². The Bertz CT molecular complexity index is 28.9. The third kappa shape index (κ3) is 6.84. The molecule has 0 N–H and O–H groups in total. The zero-order valence-corrected chi connectivity index (χ0v) is 8.78. The van der Waals surface area contributed by atoms with E-state index < -0.39 is 0 Å². The Morgan fingerprint density at radius 2 is 1.43 bits per heavy atom. The van der Waals surface area contributed by atoms with Crippen molar-refractivity contribution in [2.75, 3.05) is 14.2 Å². The fraction of sp³-hybridized carbons (Fsp3) is 1.00. The van der Waals surface area contributed by atoms with Gasteiger partial charge in [0.15, 0.2) is 6.29 Å². The number of rotatable bonds is 2. The van der Waals surface area contributed by atoms with Crippen molar-refractivity contribution in [3.05, 3.63) is 0 Å². The van der Waals surface area contributed by atoms with E-state index in [1.54, 1.807) is 14.2 Å². The molecule has 0 aliphatic heterocycles. The van der Waals surface area contributed by atoms with Crippen LogP contribution in [0.1, 0.15) is 6.92 Å². The quantitative estimate of drug-likeness (QED) is 0.537. The normalized spacial score (nSPS) is 8.57. The molecular weight excluding hydrogens is 287 g/mol. The first-order valence-electron chi connectivity index (χ1n) is 1.87. The molecule has 0 aliphatic carbocycles. The minimum absolute atomic E-state index is 0. The van der Waals surface area contributed by atoms with Gasteiger partial charge in [-0.3, -0.25) is 0 Å².